The number of nitrogens with two attached hydrogens (primary N) is 1. The standard InChI is InChI=1S/C13H28N2/c1-5-13(4,9-14)10-15(11(2)3)8-12-6-7-12/h11-12H,5-10,14H2,1-4H3. The molecule has 1 rings (SSSR count). The van der Waals surface area contributed by atoms with Crippen molar-refractivity contribution in [2.45, 2.75) is 53.0 Å². The second kappa shape index (κ2) is 5.31. The van der Waals surface area contributed by atoms with Gasteiger partial charge in [0.1, 0.15) is 0 Å². The zero-order chi connectivity index (χ0) is 11.5. The lowest BCUT2D eigenvalue weighted by Gasteiger charge is -2.36. The summed E-state index contributed by atoms with van der Waals surface area (Å²) in [5, 5.41) is 0. The first-order chi connectivity index (χ1) is 7.00. The maximum Gasteiger partial charge on any atom is 0.00501 e. The molecule has 0 aliphatic heterocycles. The van der Waals surface area contributed by atoms with Crippen LogP contribution in [0.15, 0.2) is 0 Å². The molecule has 2 heteroatoms. The predicted molar refractivity (Wildman–Crippen MR) is 66.9 cm³/mol. The van der Waals surface area contributed by atoms with Crippen molar-refractivity contribution in [1.82, 2.24) is 4.90 Å². The first-order valence-electron chi connectivity index (χ1n) is 6.45. The number of hydrogen-bond acceptors (Lipinski definition) is 2. The lowest BCUT2D eigenvalue weighted by atomic mass is 9.86. The van der Waals surface area contributed by atoms with Crippen LogP contribution in [0, 0.1) is 11.3 Å². The molecule has 0 heterocycles. The fraction of sp³-hybridized carbons (Fsp3) is 1.00. The Morgan fingerprint density at radius 2 is 2.00 bits per heavy atom. The van der Waals surface area contributed by atoms with E-state index in [2.05, 4.69) is 32.6 Å². The Labute approximate surface area is 95.2 Å². The van der Waals surface area contributed by atoms with Gasteiger partial charge in [0.15, 0.2) is 0 Å². The minimum atomic E-state index is 0.305. The van der Waals surface area contributed by atoms with Gasteiger partial charge >= 0.3 is 0 Å². The summed E-state index contributed by atoms with van der Waals surface area (Å²) in [6.45, 7) is 12.4. The highest BCUT2D eigenvalue weighted by Gasteiger charge is 2.30. The van der Waals surface area contributed by atoms with Crippen molar-refractivity contribution >= 4 is 0 Å². The van der Waals surface area contributed by atoms with Gasteiger partial charge in [-0.3, -0.25) is 0 Å². The highest BCUT2D eigenvalue weighted by atomic mass is 15.2. The van der Waals surface area contributed by atoms with Crippen LogP contribution in [0.3, 0.4) is 0 Å². The first kappa shape index (κ1) is 13.0. The summed E-state index contributed by atoms with van der Waals surface area (Å²) in [6, 6.07) is 0.656. The third kappa shape index (κ3) is 4.12. The second-order valence-electron chi connectivity index (χ2n) is 5.83. The van der Waals surface area contributed by atoms with E-state index in [1.807, 2.05) is 0 Å². The third-order valence-electron chi connectivity index (χ3n) is 3.85. The van der Waals surface area contributed by atoms with Crippen LogP contribution in [0.25, 0.3) is 0 Å². The second-order valence-corrected chi connectivity index (χ2v) is 5.83. The van der Waals surface area contributed by atoms with E-state index in [1.165, 1.54) is 25.8 Å². The molecule has 0 aromatic heterocycles. The summed E-state index contributed by atoms with van der Waals surface area (Å²) < 4.78 is 0. The maximum absolute atomic E-state index is 5.89. The van der Waals surface area contributed by atoms with Gasteiger partial charge in [-0.05, 0) is 51.0 Å². The summed E-state index contributed by atoms with van der Waals surface area (Å²) in [5.74, 6) is 0.978. The molecular weight excluding hydrogens is 184 g/mol. The van der Waals surface area contributed by atoms with E-state index in [0.717, 1.165) is 19.0 Å². The lowest BCUT2D eigenvalue weighted by Crippen LogP contribution is -2.44. The molecule has 2 nitrogen and oxygen atoms in total. The summed E-state index contributed by atoms with van der Waals surface area (Å²) in [7, 11) is 0. The molecule has 0 aromatic rings. The molecule has 1 aliphatic carbocycles. The van der Waals surface area contributed by atoms with E-state index in [-0.39, 0.29) is 0 Å². The Bertz CT molecular complexity index is 181. The van der Waals surface area contributed by atoms with Crippen LogP contribution in [0.2, 0.25) is 0 Å². The van der Waals surface area contributed by atoms with Gasteiger partial charge in [0.05, 0.1) is 0 Å². The predicted octanol–water partition coefficient (Wildman–Crippen LogP) is 2.48. The van der Waals surface area contributed by atoms with Crippen LogP contribution in [0.5, 0.6) is 0 Å². The maximum atomic E-state index is 5.89. The van der Waals surface area contributed by atoms with Gasteiger partial charge in [-0.1, -0.05) is 13.8 Å². The third-order valence-corrected chi connectivity index (χ3v) is 3.85. The summed E-state index contributed by atoms with van der Waals surface area (Å²) >= 11 is 0. The molecule has 1 saturated carbocycles. The van der Waals surface area contributed by atoms with Crippen molar-refractivity contribution in [1.29, 1.82) is 0 Å². The number of hydrogen-bond donors (Lipinski definition) is 1. The Hall–Kier alpha value is -0.0800. The van der Waals surface area contributed by atoms with Gasteiger partial charge < -0.3 is 10.6 Å². The Morgan fingerprint density at radius 3 is 2.33 bits per heavy atom. The van der Waals surface area contributed by atoms with Crippen molar-refractivity contribution in [3.05, 3.63) is 0 Å². The molecule has 1 unspecified atom stereocenters. The van der Waals surface area contributed by atoms with Crippen molar-refractivity contribution in [2.24, 2.45) is 17.1 Å². The van der Waals surface area contributed by atoms with Crippen molar-refractivity contribution in [3.63, 3.8) is 0 Å². The minimum absolute atomic E-state index is 0.305. The quantitative estimate of drug-likeness (QED) is 0.702. The van der Waals surface area contributed by atoms with Crippen LogP contribution in [0.1, 0.15) is 47.0 Å². The molecule has 2 N–H and O–H groups in total. The van der Waals surface area contributed by atoms with Gasteiger partial charge in [-0.15, -0.1) is 0 Å². The molecule has 0 radical (unpaired) electrons. The van der Waals surface area contributed by atoms with E-state index >= 15 is 0 Å². The smallest absolute Gasteiger partial charge is 0.00501 e. The van der Waals surface area contributed by atoms with Crippen LogP contribution >= 0.6 is 0 Å². The SMILES string of the molecule is CCC(C)(CN)CN(CC1CC1)C(C)C. The molecule has 0 bridgehead atoms. The first-order valence-corrected chi connectivity index (χ1v) is 6.45. The van der Waals surface area contributed by atoms with Gasteiger partial charge in [0.25, 0.3) is 0 Å². The summed E-state index contributed by atoms with van der Waals surface area (Å²) in [5.41, 5.74) is 6.19. The highest BCUT2D eigenvalue weighted by Crippen LogP contribution is 2.32. The van der Waals surface area contributed by atoms with Crippen LogP contribution in [-0.2, 0) is 0 Å². The summed E-state index contributed by atoms with van der Waals surface area (Å²) in [6.07, 6.45) is 4.06. The van der Waals surface area contributed by atoms with Crippen molar-refractivity contribution in [2.75, 3.05) is 19.6 Å². The fourth-order valence-electron chi connectivity index (χ4n) is 1.90. The molecule has 1 aliphatic rings. The van der Waals surface area contributed by atoms with Gasteiger partial charge in [-0.2, -0.15) is 0 Å². The Balaban J connectivity index is 2.47. The molecule has 0 spiro atoms. The fourth-order valence-corrected chi connectivity index (χ4v) is 1.90. The van der Waals surface area contributed by atoms with Crippen LogP contribution in [-0.4, -0.2) is 30.6 Å². The zero-order valence-electron chi connectivity index (χ0n) is 10.9. The van der Waals surface area contributed by atoms with Gasteiger partial charge in [0.2, 0.25) is 0 Å². The molecule has 90 valence electrons. The average molecular weight is 212 g/mol. The Kier molecular flexibility index (Phi) is 4.60. The van der Waals surface area contributed by atoms with E-state index < -0.39 is 0 Å². The Morgan fingerprint density at radius 1 is 1.40 bits per heavy atom. The number of nitrogens with zero attached hydrogens (tertiary/aromatic N) is 1. The molecule has 0 saturated heterocycles. The van der Waals surface area contributed by atoms with Gasteiger partial charge in [0, 0.05) is 19.1 Å². The largest absolute Gasteiger partial charge is 0.330 e. The van der Waals surface area contributed by atoms with E-state index in [4.69, 9.17) is 5.73 Å². The lowest BCUT2D eigenvalue weighted by molar-refractivity contribution is 0.128. The van der Waals surface area contributed by atoms with E-state index in [1.54, 1.807) is 0 Å². The number of rotatable bonds is 7. The molecular formula is C13H28N2. The summed E-state index contributed by atoms with van der Waals surface area (Å²) in [4.78, 5) is 2.62. The van der Waals surface area contributed by atoms with E-state index in [0.29, 0.717) is 11.5 Å². The molecule has 15 heavy (non-hydrogen) atoms. The zero-order valence-corrected chi connectivity index (χ0v) is 10.9. The minimum Gasteiger partial charge on any atom is -0.330 e. The topological polar surface area (TPSA) is 29.3 Å². The normalized spacial score (nSPS) is 21.0. The molecule has 1 atom stereocenters. The molecule has 0 aromatic carbocycles. The monoisotopic (exact) mass is 212 g/mol. The van der Waals surface area contributed by atoms with Gasteiger partial charge in [-0.25, -0.2) is 0 Å². The molecule has 1 fully saturated rings. The molecule has 0 amide bonds. The van der Waals surface area contributed by atoms with Crippen molar-refractivity contribution in [3.8, 4) is 0 Å². The van der Waals surface area contributed by atoms with E-state index in [9.17, 15) is 0 Å². The van der Waals surface area contributed by atoms with Crippen LogP contribution in [0.4, 0.5) is 0 Å². The highest BCUT2D eigenvalue weighted by molar-refractivity contribution is 4.84. The average Bonchev–Trinajstić information content (AvgIpc) is 3.00. The van der Waals surface area contributed by atoms with Crippen LogP contribution < -0.4 is 5.73 Å². The van der Waals surface area contributed by atoms with Crippen molar-refractivity contribution < 1.29 is 0 Å².